The minimum Gasteiger partial charge on any atom is -0.342 e. The summed E-state index contributed by atoms with van der Waals surface area (Å²) in [5.41, 5.74) is 1.14. The molecule has 29 heavy (non-hydrogen) atoms. The predicted molar refractivity (Wildman–Crippen MR) is 120 cm³/mol. The number of rotatable bonds is 6. The molecule has 6 nitrogen and oxygen atoms in total. The molecule has 3 heterocycles. The summed E-state index contributed by atoms with van der Waals surface area (Å²) >= 11 is 1.61. The fourth-order valence-corrected chi connectivity index (χ4v) is 5.36. The van der Waals surface area contributed by atoms with Crippen molar-refractivity contribution in [3.63, 3.8) is 0 Å². The van der Waals surface area contributed by atoms with Crippen molar-refractivity contribution in [3.05, 3.63) is 26.6 Å². The van der Waals surface area contributed by atoms with Crippen LogP contribution >= 0.6 is 11.3 Å². The van der Waals surface area contributed by atoms with Crippen LogP contribution in [0.5, 0.6) is 0 Å². The van der Waals surface area contributed by atoms with Gasteiger partial charge in [-0.15, -0.1) is 11.3 Å². The monoisotopic (exact) mass is 418 g/mol. The highest BCUT2D eigenvalue weighted by molar-refractivity contribution is 7.18. The number of piperidine rings is 1. The molecule has 1 fully saturated rings. The Bertz CT molecular complexity index is 942. The average Bonchev–Trinajstić information content (AvgIpc) is 2.97. The maximum absolute atomic E-state index is 13.6. The summed E-state index contributed by atoms with van der Waals surface area (Å²) in [4.78, 5) is 37.2. The largest absolute Gasteiger partial charge is 0.342 e. The van der Waals surface area contributed by atoms with Gasteiger partial charge in [0.2, 0.25) is 5.91 Å². The second kappa shape index (κ2) is 8.96. The number of fused-ring (bicyclic) bond motifs is 1. The Hall–Kier alpha value is -1.73. The number of aromatic nitrogens is 2. The van der Waals surface area contributed by atoms with Crippen molar-refractivity contribution in [2.24, 2.45) is 0 Å². The van der Waals surface area contributed by atoms with Crippen molar-refractivity contribution in [2.75, 3.05) is 32.7 Å². The molecule has 2 aromatic rings. The van der Waals surface area contributed by atoms with Gasteiger partial charge >= 0.3 is 0 Å². The van der Waals surface area contributed by atoms with Gasteiger partial charge in [0.15, 0.2) is 0 Å². The minimum absolute atomic E-state index is 0.0645. The van der Waals surface area contributed by atoms with Gasteiger partial charge in [-0.3, -0.25) is 19.1 Å². The van der Waals surface area contributed by atoms with Crippen LogP contribution in [0.4, 0.5) is 0 Å². The third-order valence-electron chi connectivity index (χ3n) is 6.10. The van der Waals surface area contributed by atoms with Crippen molar-refractivity contribution in [2.45, 2.75) is 66.3 Å². The highest BCUT2D eigenvalue weighted by atomic mass is 32.1. The molecule has 0 aliphatic carbocycles. The number of nitrogens with zero attached hydrogens (tertiary/aromatic N) is 4. The van der Waals surface area contributed by atoms with Crippen LogP contribution in [-0.4, -0.2) is 58.0 Å². The summed E-state index contributed by atoms with van der Waals surface area (Å²) in [7, 11) is 0. The van der Waals surface area contributed by atoms with E-state index < -0.39 is 0 Å². The molecule has 7 heteroatoms. The molecule has 0 aromatic carbocycles. The van der Waals surface area contributed by atoms with E-state index in [-0.39, 0.29) is 23.4 Å². The van der Waals surface area contributed by atoms with E-state index >= 15 is 0 Å². The first-order chi connectivity index (χ1) is 13.8. The Morgan fingerprint density at radius 3 is 2.59 bits per heavy atom. The molecule has 160 valence electrons. The lowest BCUT2D eigenvalue weighted by molar-refractivity contribution is -0.132. The maximum Gasteiger partial charge on any atom is 0.262 e. The topological polar surface area (TPSA) is 58.4 Å². The molecular weight excluding hydrogens is 384 g/mol. The highest BCUT2D eigenvalue weighted by Gasteiger charge is 2.28. The standard InChI is InChI=1S/C22H34N4O2S/c1-7-25(8-2)18(27)13-24-11-9-10-17(12-24)26-20(14(3)4)23-21-19(22(26)28)15(5)16(6)29-21/h14,17H,7-13H2,1-6H3/t17-/m0/s1. The predicted octanol–water partition coefficient (Wildman–Crippen LogP) is 3.70. The lowest BCUT2D eigenvalue weighted by Crippen LogP contribution is -2.46. The lowest BCUT2D eigenvalue weighted by atomic mass is 10.0. The molecule has 1 saturated heterocycles. The molecule has 1 aliphatic rings. The van der Waals surface area contributed by atoms with Crippen LogP contribution in [0, 0.1) is 13.8 Å². The average molecular weight is 419 g/mol. The molecule has 0 saturated carbocycles. The zero-order valence-electron chi connectivity index (χ0n) is 18.6. The summed E-state index contributed by atoms with van der Waals surface area (Å²) in [6.45, 7) is 15.8. The normalized spacial score (nSPS) is 18.0. The van der Waals surface area contributed by atoms with Crippen molar-refractivity contribution >= 4 is 27.5 Å². The van der Waals surface area contributed by atoms with Gasteiger partial charge in [0.05, 0.1) is 18.0 Å². The van der Waals surface area contributed by atoms with Gasteiger partial charge in [-0.2, -0.15) is 0 Å². The third-order valence-corrected chi connectivity index (χ3v) is 7.20. The third kappa shape index (κ3) is 4.26. The van der Waals surface area contributed by atoms with E-state index in [1.165, 1.54) is 0 Å². The molecule has 0 N–H and O–H groups in total. The summed E-state index contributed by atoms with van der Waals surface area (Å²) in [5.74, 6) is 1.21. The van der Waals surface area contributed by atoms with E-state index in [4.69, 9.17) is 4.98 Å². The van der Waals surface area contributed by atoms with Gasteiger partial charge in [0.25, 0.3) is 5.56 Å². The minimum atomic E-state index is 0.0645. The van der Waals surface area contributed by atoms with Crippen molar-refractivity contribution < 1.29 is 4.79 Å². The summed E-state index contributed by atoms with van der Waals surface area (Å²) < 4.78 is 1.94. The van der Waals surface area contributed by atoms with E-state index in [0.717, 1.165) is 65.5 Å². The molecule has 2 aromatic heterocycles. The first kappa shape index (κ1) is 22.0. The number of hydrogen-bond acceptors (Lipinski definition) is 5. The van der Waals surface area contributed by atoms with Gasteiger partial charge in [0, 0.05) is 30.4 Å². The molecule has 0 bridgehead atoms. The zero-order chi connectivity index (χ0) is 21.3. The zero-order valence-corrected chi connectivity index (χ0v) is 19.4. The molecule has 1 amide bonds. The van der Waals surface area contributed by atoms with E-state index in [0.29, 0.717) is 6.54 Å². The SMILES string of the molecule is CCN(CC)C(=O)CN1CCC[C@H](n2c(C(C)C)nc3sc(C)c(C)c3c2=O)C1. The van der Waals surface area contributed by atoms with Crippen LogP contribution in [0.15, 0.2) is 4.79 Å². The number of carbonyl (C=O) groups is 1. The number of amides is 1. The van der Waals surface area contributed by atoms with Crippen molar-refractivity contribution in [1.82, 2.24) is 19.4 Å². The molecular formula is C22H34N4O2S. The summed E-state index contributed by atoms with van der Waals surface area (Å²) in [6, 6.07) is 0.0645. The molecule has 3 rings (SSSR count). The number of aryl methyl sites for hydroxylation is 2. The first-order valence-corrected chi connectivity index (χ1v) is 11.6. The van der Waals surface area contributed by atoms with Crippen LogP contribution in [0.25, 0.3) is 10.2 Å². The van der Waals surface area contributed by atoms with E-state index in [9.17, 15) is 9.59 Å². The van der Waals surface area contributed by atoms with Crippen LogP contribution in [0.1, 0.15) is 68.8 Å². The van der Waals surface area contributed by atoms with Crippen LogP contribution in [0.2, 0.25) is 0 Å². The highest BCUT2D eigenvalue weighted by Crippen LogP contribution is 2.30. The van der Waals surface area contributed by atoms with Crippen LogP contribution in [0.3, 0.4) is 0 Å². The fraction of sp³-hybridized carbons (Fsp3) is 0.682. The second-order valence-corrected chi connectivity index (χ2v) is 9.56. The Kier molecular flexibility index (Phi) is 6.79. The Morgan fingerprint density at radius 2 is 1.97 bits per heavy atom. The van der Waals surface area contributed by atoms with Gasteiger partial charge in [0.1, 0.15) is 10.7 Å². The summed E-state index contributed by atoms with van der Waals surface area (Å²) in [5, 5.41) is 0.772. The van der Waals surface area contributed by atoms with Gasteiger partial charge in [-0.05, 0) is 52.6 Å². The van der Waals surface area contributed by atoms with Gasteiger partial charge < -0.3 is 4.90 Å². The van der Waals surface area contributed by atoms with E-state index in [2.05, 4.69) is 25.7 Å². The van der Waals surface area contributed by atoms with Crippen molar-refractivity contribution in [1.29, 1.82) is 0 Å². The first-order valence-electron chi connectivity index (χ1n) is 10.8. The lowest BCUT2D eigenvalue weighted by Gasteiger charge is -2.35. The number of thiophene rings is 1. The number of hydrogen-bond donors (Lipinski definition) is 0. The van der Waals surface area contributed by atoms with Gasteiger partial charge in [-0.1, -0.05) is 13.8 Å². The molecule has 0 spiro atoms. The number of carbonyl (C=O) groups excluding carboxylic acids is 1. The maximum atomic E-state index is 13.6. The smallest absolute Gasteiger partial charge is 0.262 e. The molecule has 0 unspecified atom stereocenters. The van der Waals surface area contributed by atoms with E-state index in [1.807, 2.05) is 30.2 Å². The molecule has 0 radical (unpaired) electrons. The number of likely N-dealkylation sites (tertiary alicyclic amines) is 1. The van der Waals surface area contributed by atoms with Gasteiger partial charge in [-0.25, -0.2) is 4.98 Å². The Balaban J connectivity index is 1.96. The Labute approximate surface area is 177 Å². The summed E-state index contributed by atoms with van der Waals surface area (Å²) in [6.07, 6.45) is 1.94. The molecule has 1 atom stereocenters. The van der Waals surface area contributed by atoms with Crippen LogP contribution in [-0.2, 0) is 4.79 Å². The Morgan fingerprint density at radius 1 is 1.28 bits per heavy atom. The second-order valence-electron chi connectivity index (χ2n) is 8.36. The molecule has 1 aliphatic heterocycles. The van der Waals surface area contributed by atoms with E-state index in [1.54, 1.807) is 11.3 Å². The quantitative estimate of drug-likeness (QED) is 0.718. The number of likely N-dealkylation sites (N-methyl/N-ethyl adjacent to an activating group) is 1. The fourth-order valence-electron chi connectivity index (χ4n) is 4.34. The van der Waals surface area contributed by atoms with Crippen LogP contribution < -0.4 is 5.56 Å². The van der Waals surface area contributed by atoms with Crippen molar-refractivity contribution in [3.8, 4) is 0 Å².